The normalized spacial score (nSPS) is 9.80. The second-order valence-electron chi connectivity index (χ2n) is 2.78. The smallest absolute Gasteiger partial charge is 0.310 e. The first kappa shape index (κ1) is 12.0. The molecule has 0 aromatic carbocycles. The van der Waals surface area contributed by atoms with Gasteiger partial charge < -0.3 is 9.47 Å². The highest BCUT2D eigenvalue weighted by Gasteiger charge is 2.10. The lowest BCUT2D eigenvalue weighted by Crippen LogP contribution is -2.09. The first-order valence-electron chi connectivity index (χ1n) is 4.52. The molecule has 0 aliphatic carbocycles. The lowest BCUT2D eigenvalue weighted by Gasteiger charge is -2.07. The molecule has 1 heterocycles. The number of halogens is 1. The van der Waals surface area contributed by atoms with Crippen molar-refractivity contribution in [2.45, 2.75) is 13.3 Å². The van der Waals surface area contributed by atoms with E-state index in [-0.39, 0.29) is 12.4 Å². The Morgan fingerprint density at radius 1 is 1.53 bits per heavy atom. The minimum atomic E-state index is -0.278. The summed E-state index contributed by atoms with van der Waals surface area (Å²) in [5, 5.41) is 0. The van der Waals surface area contributed by atoms with Crippen LogP contribution in [0.2, 0.25) is 0 Å². The van der Waals surface area contributed by atoms with E-state index in [4.69, 9.17) is 9.47 Å². The molecule has 0 spiro atoms. The quantitative estimate of drug-likeness (QED) is 0.622. The summed E-state index contributed by atoms with van der Waals surface area (Å²) in [4.78, 5) is 15.3. The zero-order valence-electron chi connectivity index (χ0n) is 8.62. The van der Waals surface area contributed by atoms with Crippen LogP contribution in [-0.2, 0) is 16.0 Å². The van der Waals surface area contributed by atoms with Gasteiger partial charge in [0.05, 0.1) is 20.1 Å². The molecule has 0 bridgehead atoms. The Labute approximate surface area is 96.7 Å². The monoisotopic (exact) mass is 273 g/mol. The highest BCUT2D eigenvalue weighted by molar-refractivity contribution is 9.10. The number of aromatic nitrogens is 1. The summed E-state index contributed by atoms with van der Waals surface area (Å²) in [6.07, 6.45) is 0.178. The Balaban J connectivity index is 2.80. The van der Waals surface area contributed by atoms with Gasteiger partial charge in [-0.2, -0.15) is 0 Å². The fraction of sp³-hybridized carbons (Fsp3) is 0.400. The van der Waals surface area contributed by atoms with Gasteiger partial charge in [-0.05, 0) is 28.9 Å². The van der Waals surface area contributed by atoms with Crippen LogP contribution < -0.4 is 4.74 Å². The number of carbonyl (C=O) groups is 1. The molecule has 1 rings (SSSR count). The Kier molecular flexibility index (Phi) is 4.55. The van der Waals surface area contributed by atoms with Crippen molar-refractivity contribution in [2.75, 3.05) is 13.7 Å². The molecule has 5 heteroatoms. The van der Waals surface area contributed by atoms with Crippen molar-refractivity contribution in [3.05, 3.63) is 22.3 Å². The number of esters is 1. The second-order valence-corrected chi connectivity index (χ2v) is 3.60. The van der Waals surface area contributed by atoms with Crippen molar-refractivity contribution < 1.29 is 14.3 Å². The first-order chi connectivity index (χ1) is 7.17. The van der Waals surface area contributed by atoms with Gasteiger partial charge in [0.15, 0.2) is 0 Å². The highest BCUT2D eigenvalue weighted by atomic mass is 79.9. The van der Waals surface area contributed by atoms with Crippen molar-refractivity contribution in [1.82, 2.24) is 4.98 Å². The van der Waals surface area contributed by atoms with Gasteiger partial charge >= 0.3 is 5.97 Å². The lowest BCUT2D eigenvalue weighted by molar-refractivity contribution is -0.142. The topological polar surface area (TPSA) is 48.4 Å². The van der Waals surface area contributed by atoms with E-state index in [1.165, 1.54) is 7.11 Å². The van der Waals surface area contributed by atoms with Crippen molar-refractivity contribution >= 4 is 21.9 Å². The molecule has 0 aliphatic rings. The highest BCUT2D eigenvalue weighted by Crippen LogP contribution is 2.19. The summed E-state index contributed by atoms with van der Waals surface area (Å²) in [7, 11) is 1.52. The van der Waals surface area contributed by atoms with Crippen molar-refractivity contribution in [2.24, 2.45) is 0 Å². The number of hydrogen-bond acceptors (Lipinski definition) is 4. The van der Waals surface area contributed by atoms with Crippen LogP contribution in [0.15, 0.2) is 16.7 Å². The Morgan fingerprint density at radius 2 is 2.27 bits per heavy atom. The van der Waals surface area contributed by atoms with E-state index in [2.05, 4.69) is 20.9 Å². The number of pyridine rings is 1. The molecule has 0 unspecified atom stereocenters. The second kappa shape index (κ2) is 5.70. The predicted octanol–water partition coefficient (Wildman–Crippen LogP) is 1.96. The molecule has 0 amide bonds. The number of hydrogen-bond donors (Lipinski definition) is 0. The third kappa shape index (κ3) is 3.51. The molecule has 0 N–H and O–H groups in total. The van der Waals surface area contributed by atoms with Gasteiger partial charge in [-0.15, -0.1) is 0 Å². The largest absolute Gasteiger partial charge is 0.481 e. The predicted molar refractivity (Wildman–Crippen MR) is 58.8 cm³/mol. The Hall–Kier alpha value is -1.10. The standard InChI is InChI=1S/C10H12BrNO3/c1-3-15-9(13)6-7-4-5-8(11)12-10(7)14-2/h4-5H,3,6H2,1-2H3. The van der Waals surface area contributed by atoms with Crippen LogP contribution in [0.5, 0.6) is 5.88 Å². The fourth-order valence-corrected chi connectivity index (χ4v) is 1.42. The van der Waals surface area contributed by atoms with Gasteiger partial charge in [0.2, 0.25) is 5.88 Å². The molecule has 1 aromatic rings. The molecule has 0 aliphatic heterocycles. The van der Waals surface area contributed by atoms with E-state index < -0.39 is 0 Å². The summed E-state index contributed by atoms with van der Waals surface area (Å²) < 4.78 is 10.6. The van der Waals surface area contributed by atoms with Gasteiger partial charge in [-0.25, -0.2) is 4.98 Å². The molecule has 82 valence electrons. The third-order valence-corrected chi connectivity index (χ3v) is 2.18. The van der Waals surface area contributed by atoms with Gasteiger partial charge in [0.1, 0.15) is 4.60 Å². The maximum absolute atomic E-state index is 11.2. The van der Waals surface area contributed by atoms with Crippen molar-refractivity contribution in [1.29, 1.82) is 0 Å². The molecule has 0 saturated heterocycles. The molecule has 1 aromatic heterocycles. The van der Waals surface area contributed by atoms with Gasteiger partial charge in [-0.1, -0.05) is 6.07 Å². The SMILES string of the molecule is CCOC(=O)Cc1ccc(Br)nc1OC. The molecule has 0 radical (unpaired) electrons. The van der Waals surface area contributed by atoms with E-state index in [0.717, 1.165) is 5.56 Å². The summed E-state index contributed by atoms with van der Waals surface area (Å²) in [5.41, 5.74) is 0.721. The molecular weight excluding hydrogens is 262 g/mol. The molecular formula is C10H12BrNO3. The molecule has 15 heavy (non-hydrogen) atoms. The van der Waals surface area contributed by atoms with Crippen LogP contribution >= 0.6 is 15.9 Å². The van der Waals surface area contributed by atoms with E-state index in [0.29, 0.717) is 17.1 Å². The fourth-order valence-electron chi connectivity index (χ4n) is 1.13. The average molecular weight is 274 g/mol. The number of ether oxygens (including phenoxy) is 2. The summed E-state index contributed by atoms with van der Waals surface area (Å²) in [5.74, 6) is 0.164. The molecule has 0 saturated carbocycles. The number of methoxy groups -OCH3 is 1. The van der Waals surface area contributed by atoms with E-state index in [1.54, 1.807) is 19.1 Å². The summed E-state index contributed by atoms with van der Waals surface area (Å²) in [6, 6.07) is 3.55. The van der Waals surface area contributed by atoms with Crippen LogP contribution in [-0.4, -0.2) is 24.7 Å². The van der Waals surface area contributed by atoms with Crippen molar-refractivity contribution in [3.8, 4) is 5.88 Å². The average Bonchev–Trinajstić information content (AvgIpc) is 2.21. The van der Waals surface area contributed by atoms with Crippen LogP contribution in [0, 0.1) is 0 Å². The third-order valence-electron chi connectivity index (χ3n) is 1.74. The summed E-state index contributed by atoms with van der Waals surface area (Å²) in [6.45, 7) is 2.15. The maximum Gasteiger partial charge on any atom is 0.310 e. The molecule has 4 nitrogen and oxygen atoms in total. The van der Waals surface area contributed by atoms with Crippen LogP contribution in [0.1, 0.15) is 12.5 Å². The number of rotatable bonds is 4. The molecule has 0 fully saturated rings. The zero-order chi connectivity index (χ0) is 11.3. The van der Waals surface area contributed by atoms with Crippen molar-refractivity contribution in [3.63, 3.8) is 0 Å². The Bertz CT molecular complexity index is 355. The van der Waals surface area contributed by atoms with Crippen LogP contribution in [0.4, 0.5) is 0 Å². The first-order valence-corrected chi connectivity index (χ1v) is 5.31. The Morgan fingerprint density at radius 3 is 2.87 bits per heavy atom. The number of nitrogens with zero attached hydrogens (tertiary/aromatic N) is 1. The zero-order valence-corrected chi connectivity index (χ0v) is 10.2. The minimum Gasteiger partial charge on any atom is -0.481 e. The summed E-state index contributed by atoms with van der Waals surface area (Å²) >= 11 is 3.23. The van der Waals surface area contributed by atoms with Gasteiger partial charge in [-0.3, -0.25) is 4.79 Å². The molecule has 0 atom stereocenters. The van der Waals surface area contributed by atoms with E-state index >= 15 is 0 Å². The van der Waals surface area contributed by atoms with E-state index in [9.17, 15) is 4.79 Å². The van der Waals surface area contributed by atoms with Gasteiger partial charge in [0.25, 0.3) is 0 Å². The number of carbonyl (C=O) groups excluding carboxylic acids is 1. The van der Waals surface area contributed by atoms with E-state index in [1.807, 2.05) is 0 Å². The lowest BCUT2D eigenvalue weighted by atomic mass is 10.2. The maximum atomic E-state index is 11.2. The van der Waals surface area contributed by atoms with Crippen LogP contribution in [0.25, 0.3) is 0 Å². The van der Waals surface area contributed by atoms with Gasteiger partial charge in [0, 0.05) is 5.56 Å². The van der Waals surface area contributed by atoms with Crippen LogP contribution in [0.3, 0.4) is 0 Å². The minimum absolute atomic E-state index is 0.178.